The predicted molar refractivity (Wildman–Crippen MR) is 101 cm³/mol. The lowest BCUT2D eigenvalue weighted by atomic mass is 9.87. The highest BCUT2D eigenvalue weighted by Crippen LogP contribution is 2.35. The van der Waals surface area contributed by atoms with E-state index in [4.69, 9.17) is 11.6 Å². The SMILES string of the molecule is Cc1csc(NC(=O)CN2C3CC2CN(c2cnn(C)c(=O)c2Cl)C3)n1. The highest BCUT2D eigenvalue weighted by atomic mass is 35.5. The molecular formula is C16H19ClN6O2S. The molecule has 2 aromatic rings. The number of carbonyl (C=O) groups excluding carboxylic acids is 1. The summed E-state index contributed by atoms with van der Waals surface area (Å²) in [7, 11) is 1.58. The van der Waals surface area contributed by atoms with Crippen molar-refractivity contribution in [2.45, 2.75) is 25.4 Å². The maximum absolute atomic E-state index is 12.3. The number of halogens is 1. The number of piperidine rings is 1. The summed E-state index contributed by atoms with van der Waals surface area (Å²) in [5.41, 5.74) is 1.28. The van der Waals surface area contributed by atoms with E-state index in [1.54, 1.807) is 13.2 Å². The number of hydrogen-bond acceptors (Lipinski definition) is 7. The summed E-state index contributed by atoms with van der Waals surface area (Å²) in [5, 5.41) is 9.67. The first-order chi connectivity index (χ1) is 12.4. The number of anilines is 2. The molecule has 5 rings (SSSR count). The van der Waals surface area contributed by atoms with Crippen LogP contribution in [0.15, 0.2) is 16.4 Å². The van der Waals surface area contributed by atoms with Gasteiger partial charge in [-0.1, -0.05) is 11.6 Å². The van der Waals surface area contributed by atoms with E-state index in [9.17, 15) is 9.59 Å². The standard InChI is InChI=1S/C16H19ClN6O2S/c1-9-8-26-16(19-9)20-13(24)7-23-10-3-11(23)6-22(5-10)12-4-18-21(2)15(25)14(12)17/h4,8,10-11H,3,5-7H2,1-2H3,(H,19,20,24). The molecule has 0 aromatic carbocycles. The van der Waals surface area contributed by atoms with E-state index in [0.717, 1.165) is 25.2 Å². The van der Waals surface area contributed by atoms with Crippen molar-refractivity contribution < 1.29 is 4.79 Å². The molecule has 0 spiro atoms. The zero-order valence-electron chi connectivity index (χ0n) is 14.5. The second-order valence-corrected chi connectivity index (χ2v) is 7.97. The number of nitrogens with zero attached hydrogens (tertiary/aromatic N) is 5. The summed E-state index contributed by atoms with van der Waals surface area (Å²) in [4.78, 5) is 32.8. The van der Waals surface area contributed by atoms with Gasteiger partial charge in [0.15, 0.2) is 5.13 Å². The Balaban J connectivity index is 1.39. The Kier molecular flexibility index (Phi) is 4.45. The molecule has 0 radical (unpaired) electrons. The molecule has 2 bridgehead atoms. The first kappa shape index (κ1) is 17.4. The van der Waals surface area contributed by atoms with Crippen molar-refractivity contribution >= 4 is 39.7 Å². The molecule has 3 saturated heterocycles. The summed E-state index contributed by atoms with van der Waals surface area (Å²) in [5.74, 6) is -0.0456. The number of aryl methyl sites for hydroxylation is 2. The van der Waals surface area contributed by atoms with Crippen molar-refractivity contribution in [3.8, 4) is 0 Å². The number of carbonyl (C=O) groups is 1. The quantitative estimate of drug-likeness (QED) is 0.836. The maximum atomic E-state index is 12.3. The second kappa shape index (κ2) is 6.64. The summed E-state index contributed by atoms with van der Waals surface area (Å²) in [6.07, 6.45) is 2.69. The molecule has 3 aliphatic rings. The minimum absolute atomic E-state index is 0.0456. The molecule has 2 unspecified atom stereocenters. The van der Waals surface area contributed by atoms with Gasteiger partial charge in [0, 0.05) is 37.6 Å². The van der Waals surface area contributed by atoms with Crippen LogP contribution in [-0.4, -0.2) is 57.3 Å². The van der Waals surface area contributed by atoms with E-state index in [0.29, 0.717) is 17.4 Å². The maximum Gasteiger partial charge on any atom is 0.287 e. The Morgan fingerprint density at radius 2 is 2.15 bits per heavy atom. The number of amides is 1. The third-order valence-corrected chi connectivity index (χ3v) is 6.17. The summed E-state index contributed by atoms with van der Waals surface area (Å²) in [6, 6.07) is 0.551. The fraction of sp³-hybridized carbons (Fsp3) is 0.500. The molecule has 0 saturated carbocycles. The fourth-order valence-corrected chi connectivity index (χ4v) is 4.60. The average Bonchev–Trinajstić information content (AvgIpc) is 3.02. The third-order valence-electron chi connectivity index (χ3n) is 4.94. The van der Waals surface area contributed by atoms with Gasteiger partial charge in [0.05, 0.1) is 24.1 Å². The molecule has 5 heterocycles. The van der Waals surface area contributed by atoms with Crippen LogP contribution in [0.4, 0.5) is 10.8 Å². The van der Waals surface area contributed by atoms with Crippen LogP contribution in [0.3, 0.4) is 0 Å². The first-order valence-corrected chi connectivity index (χ1v) is 9.62. The molecule has 1 N–H and O–H groups in total. The molecule has 8 nitrogen and oxygen atoms in total. The molecule has 26 heavy (non-hydrogen) atoms. The third kappa shape index (κ3) is 3.10. The number of nitrogens with one attached hydrogen (secondary N) is 1. The van der Waals surface area contributed by atoms with E-state index in [2.05, 4.69) is 25.2 Å². The van der Waals surface area contributed by atoms with Crippen LogP contribution in [0.2, 0.25) is 5.02 Å². The summed E-state index contributed by atoms with van der Waals surface area (Å²) in [6.45, 7) is 3.71. The fourth-order valence-electron chi connectivity index (χ4n) is 3.60. The van der Waals surface area contributed by atoms with Gasteiger partial charge < -0.3 is 10.2 Å². The number of hydrogen-bond donors (Lipinski definition) is 1. The number of aromatic nitrogens is 3. The van der Waals surface area contributed by atoms with Gasteiger partial charge in [-0.2, -0.15) is 5.10 Å². The lowest BCUT2D eigenvalue weighted by Crippen LogP contribution is -2.69. The largest absolute Gasteiger partial charge is 0.366 e. The topological polar surface area (TPSA) is 83.4 Å². The Morgan fingerprint density at radius 1 is 1.42 bits per heavy atom. The van der Waals surface area contributed by atoms with Crippen molar-refractivity contribution in [3.63, 3.8) is 0 Å². The van der Waals surface area contributed by atoms with Gasteiger partial charge in [-0.15, -0.1) is 11.3 Å². The summed E-state index contributed by atoms with van der Waals surface area (Å²) >= 11 is 7.64. The van der Waals surface area contributed by atoms with E-state index in [1.165, 1.54) is 16.0 Å². The van der Waals surface area contributed by atoms with Gasteiger partial charge in [0.25, 0.3) is 5.56 Å². The Hall–Kier alpha value is -1.97. The summed E-state index contributed by atoms with van der Waals surface area (Å²) < 4.78 is 1.23. The molecule has 1 amide bonds. The van der Waals surface area contributed by atoms with Gasteiger partial charge in [-0.3, -0.25) is 14.5 Å². The molecule has 3 fully saturated rings. The normalized spacial score (nSPS) is 22.2. The molecule has 3 aliphatic heterocycles. The smallest absolute Gasteiger partial charge is 0.287 e. The van der Waals surface area contributed by atoms with Gasteiger partial charge in [0.2, 0.25) is 5.91 Å². The van der Waals surface area contributed by atoms with Crippen LogP contribution in [0.1, 0.15) is 12.1 Å². The average molecular weight is 395 g/mol. The zero-order chi connectivity index (χ0) is 18.4. The van der Waals surface area contributed by atoms with E-state index in [1.807, 2.05) is 12.3 Å². The van der Waals surface area contributed by atoms with Crippen LogP contribution in [0, 0.1) is 6.92 Å². The van der Waals surface area contributed by atoms with Crippen LogP contribution < -0.4 is 15.8 Å². The minimum atomic E-state index is -0.293. The van der Waals surface area contributed by atoms with Crippen molar-refractivity contribution in [1.82, 2.24) is 19.7 Å². The van der Waals surface area contributed by atoms with E-state index in [-0.39, 0.29) is 28.6 Å². The van der Waals surface area contributed by atoms with Gasteiger partial charge in [0.1, 0.15) is 5.02 Å². The van der Waals surface area contributed by atoms with Gasteiger partial charge in [-0.25, -0.2) is 9.67 Å². The molecule has 138 valence electrons. The molecule has 2 atom stereocenters. The van der Waals surface area contributed by atoms with Crippen molar-refractivity contribution in [1.29, 1.82) is 0 Å². The predicted octanol–water partition coefficient (Wildman–Crippen LogP) is 1.10. The van der Waals surface area contributed by atoms with E-state index < -0.39 is 0 Å². The van der Waals surface area contributed by atoms with Crippen LogP contribution in [0.25, 0.3) is 0 Å². The lowest BCUT2D eigenvalue weighted by Gasteiger charge is -2.56. The zero-order valence-corrected chi connectivity index (χ0v) is 16.0. The van der Waals surface area contributed by atoms with Gasteiger partial charge in [-0.05, 0) is 13.3 Å². The van der Waals surface area contributed by atoms with Crippen molar-refractivity contribution in [2.24, 2.45) is 7.05 Å². The number of fused-ring (bicyclic) bond motifs is 2. The monoisotopic (exact) mass is 394 g/mol. The number of rotatable bonds is 4. The Morgan fingerprint density at radius 3 is 2.81 bits per heavy atom. The highest BCUT2D eigenvalue weighted by Gasteiger charge is 2.45. The van der Waals surface area contributed by atoms with Crippen LogP contribution in [0.5, 0.6) is 0 Å². The first-order valence-electron chi connectivity index (χ1n) is 8.37. The molecule has 10 heteroatoms. The highest BCUT2D eigenvalue weighted by molar-refractivity contribution is 7.13. The molecule has 2 aromatic heterocycles. The second-order valence-electron chi connectivity index (χ2n) is 6.74. The lowest BCUT2D eigenvalue weighted by molar-refractivity contribution is -0.121. The molecular weight excluding hydrogens is 376 g/mol. The minimum Gasteiger partial charge on any atom is -0.366 e. The van der Waals surface area contributed by atoms with Crippen LogP contribution >= 0.6 is 22.9 Å². The van der Waals surface area contributed by atoms with E-state index >= 15 is 0 Å². The number of piperazine rings is 1. The molecule has 0 aliphatic carbocycles. The Bertz CT molecular complexity index is 900. The van der Waals surface area contributed by atoms with Crippen molar-refractivity contribution in [3.05, 3.63) is 32.6 Å². The number of thiazole rings is 1. The Labute approximate surface area is 159 Å². The van der Waals surface area contributed by atoms with Crippen molar-refractivity contribution in [2.75, 3.05) is 29.9 Å². The van der Waals surface area contributed by atoms with Crippen LogP contribution in [-0.2, 0) is 11.8 Å². The van der Waals surface area contributed by atoms with Gasteiger partial charge >= 0.3 is 0 Å².